The predicted octanol–water partition coefficient (Wildman–Crippen LogP) is 4.30. The fourth-order valence-electron chi connectivity index (χ4n) is 2.68. The fraction of sp³-hybridized carbons (Fsp3) is 0.190. The molecule has 1 heterocycles. The molecule has 5 nitrogen and oxygen atoms in total. The van der Waals surface area contributed by atoms with Crippen molar-refractivity contribution in [2.75, 3.05) is 5.32 Å². The standard InChI is InChI=1S/C21H19ClN4O/c22-17-9-5-4-8-15(17)13-23-19-12-18(21(27)24-16-10-11-16)25-20(26-19)14-6-2-1-3-7-14/h1-9,12,16H,10-11,13H2,(H,24,27)(H,23,25,26). The number of anilines is 1. The fourth-order valence-corrected chi connectivity index (χ4v) is 2.89. The van der Waals surface area contributed by atoms with Gasteiger partial charge in [-0.15, -0.1) is 0 Å². The third-order valence-corrected chi connectivity index (χ3v) is 4.69. The highest BCUT2D eigenvalue weighted by molar-refractivity contribution is 6.31. The molecule has 2 N–H and O–H groups in total. The lowest BCUT2D eigenvalue weighted by atomic mass is 10.2. The normalized spacial score (nSPS) is 13.2. The number of hydrogen-bond acceptors (Lipinski definition) is 4. The lowest BCUT2D eigenvalue weighted by Gasteiger charge is -2.11. The summed E-state index contributed by atoms with van der Waals surface area (Å²) in [7, 11) is 0. The first-order chi connectivity index (χ1) is 13.2. The van der Waals surface area contributed by atoms with Crippen LogP contribution in [-0.4, -0.2) is 21.9 Å². The molecule has 27 heavy (non-hydrogen) atoms. The molecule has 1 aliphatic carbocycles. The lowest BCUT2D eigenvalue weighted by Crippen LogP contribution is -2.26. The van der Waals surface area contributed by atoms with Crippen molar-refractivity contribution in [3.05, 3.63) is 76.9 Å². The SMILES string of the molecule is O=C(NC1CC1)c1cc(NCc2ccccc2Cl)nc(-c2ccccc2)n1. The zero-order chi connectivity index (χ0) is 18.6. The molecule has 3 aromatic rings. The topological polar surface area (TPSA) is 66.9 Å². The van der Waals surface area contributed by atoms with Gasteiger partial charge in [0.25, 0.3) is 5.91 Å². The molecule has 1 fully saturated rings. The van der Waals surface area contributed by atoms with Gasteiger partial charge >= 0.3 is 0 Å². The maximum atomic E-state index is 12.5. The number of hydrogen-bond donors (Lipinski definition) is 2. The quantitative estimate of drug-likeness (QED) is 0.671. The van der Waals surface area contributed by atoms with Gasteiger partial charge in [-0.05, 0) is 24.5 Å². The summed E-state index contributed by atoms with van der Waals surface area (Å²) < 4.78 is 0. The van der Waals surface area contributed by atoms with E-state index in [9.17, 15) is 4.79 Å². The molecule has 0 atom stereocenters. The van der Waals surface area contributed by atoms with Crippen LogP contribution in [0.4, 0.5) is 5.82 Å². The summed E-state index contributed by atoms with van der Waals surface area (Å²) >= 11 is 6.23. The molecule has 0 aliphatic heterocycles. The van der Waals surface area contributed by atoms with E-state index in [-0.39, 0.29) is 11.9 Å². The maximum absolute atomic E-state index is 12.5. The highest BCUT2D eigenvalue weighted by Crippen LogP contribution is 2.22. The number of halogens is 1. The molecule has 0 bridgehead atoms. The van der Waals surface area contributed by atoms with Crippen molar-refractivity contribution in [3.8, 4) is 11.4 Å². The molecular formula is C21H19ClN4O. The summed E-state index contributed by atoms with van der Waals surface area (Å²) in [5.74, 6) is 0.934. The zero-order valence-corrected chi connectivity index (χ0v) is 15.4. The van der Waals surface area contributed by atoms with Crippen molar-refractivity contribution in [1.29, 1.82) is 0 Å². The Morgan fingerprint density at radius 2 is 1.78 bits per heavy atom. The van der Waals surface area contributed by atoms with Gasteiger partial charge in [0, 0.05) is 29.2 Å². The Balaban J connectivity index is 1.62. The Morgan fingerprint density at radius 3 is 2.52 bits per heavy atom. The minimum absolute atomic E-state index is 0.169. The van der Waals surface area contributed by atoms with Gasteiger partial charge in [-0.25, -0.2) is 9.97 Å². The Kier molecular flexibility index (Phi) is 5.03. The van der Waals surface area contributed by atoms with Gasteiger partial charge in [0.05, 0.1) is 0 Å². The molecule has 1 saturated carbocycles. The molecule has 1 aromatic heterocycles. The maximum Gasteiger partial charge on any atom is 0.270 e. The molecule has 1 amide bonds. The number of aromatic nitrogens is 2. The molecule has 0 radical (unpaired) electrons. The van der Waals surface area contributed by atoms with Crippen LogP contribution < -0.4 is 10.6 Å². The zero-order valence-electron chi connectivity index (χ0n) is 14.7. The van der Waals surface area contributed by atoms with E-state index < -0.39 is 0 Å². The average molecular weight is 379 g/mol. The second-order valence-electron chi connectivity index (χ2n) is 6.52. The largest absolute Gasteiger partial charge is 0.366 e. The van der Waals surface area contributed by atoms with Crippen LogP contribution in [0.2, 0.25) is 5.02 Å². The summed E-state index contributed by atoms with van der Waals surface area (Å²) in [5.41, 5.74) is 2.18. The molecular weight excluding hydrogens is 360 g/mol. The number of benzene rings is 2. The smallest absolute Gasteiger partial charge is 0.270 e. The van der Waals surface area contributed by atoms with Gasteiger partial charge in [-0.2, -0.15) is 0 Å². The van der Waals surface area contributed by atoms with Crippen LogP contribution in [-0.2, 0) is 6.54 Å². The highest BCUT2D eigenvalue weighted by atomic mass is 35.5. The van der Waals surface area contributed by atoms with Crippen LogP contribution in [0.15, 0.2) is 60.7 Å². The Hall–Kier alpha value is -2.92. The minimum atomic E-state index is -0.169. The molecule has 136 valence electrons. The molecule has 4 rings (SSSR count). The number of nitrogens with one attached hydrogen (secondary N) is 2. The van der Waals surface area contributed by atoms with Crippen LogP contribution in [0.25, 0.3) is 11.4 Å². The van der Waals surface area contributed by atoms with Crippen LogP contribution >= 0.6 is 11.6 Å². The summed E-state index contributed by atoms with van der Waals surface area (Å²) in [6.07, 6.45) is 2.06. The predicted molar refractivity (Wildman–Crippen MR) is 107 cm³/mol. The van der Waals surface area contributed by atoms with E-state index in [1.807, 2.05) is 54.6 Å². The van der Waals surface area contributed by atoms with Crippen molar-refractivity contribution in [3.63, 3.8) is 0 Å². The van der Waals surface area contributed by atoms with Gasteiger partial charge in [0.1, 0.15) is 11.5 Å². The molecule has 0 saturated heterocycles. The Bertz CT molecular complexity index is 957. The molecule has 0 spiro atoms. The first kappa shape index (κ1) is 17.5. The highest BCUT2D eigenvalue weighted by Gasteiger charge is 2.25. The van der Waals surface area contributed by atoms with E-state index in [0.29, 0.717) is 28.9 Å². The number of amides is 1. The molecule has 2 aromatic carbocycles. The van der Waals surface area contributed by atoms with Gasteiger partial charge in [-0.3, -0.25) is 4.79 Å². The summed E-state index contributed by atoms with van der Waals surface area (Å²) in [5, 5.41) is 6.93. The van der Waals surface area contributed by atoms with Gasteiger partial charge in [0.15, 0.2) is 5.82 Å². The minimum Gasteiger partial charge on any atom is -0.366 e. The molecule has 6 heteroatoms. The monoisotopic (exact) mass is 378 g/mol. The molecule has 1 aliphatic rings. The van der Waals surface area contributed by atoms with E-state index in [4.69, 9.17) is 11.6 Å². The summed E-state index contributed by atoms with van der Waals surface area (Å²) in [4.78, 5) is 21.6. The van der Waals surface area contributed by atoms with Gasteiger partial charge in [0.2, 0.25) is 0 Å². The number of rotatable bonds is 6. The van der Waals surface area contributed by atoms with Crippen molar-refractivity contribution in [2.45, 2.75) is 25.4 Å². The van der Waals surface area contributed by atoms with Gasteiger partial charge in [-0.1, -0.05) is 60.1 Å². The molecule has 0 unspecified atom stereocenters. The second-order valence-corrected chi connectivity index (χ2v) is 6.93. The van der Waals surface area contributed by atoms with Crippen LogP contribution in [0.5, 0.6) is 0 Å². The van der Waals surface area contributed by atoms with Crippen LogP contribution in [0.1, 0.15) is 28.9 Å². The summed E-state index contributed by atoms with van der Waals surface area (Å²) in [6.45, 7) is 0.509. The first-order valence-corrected chi connectivity index (χ1v) is 9.29. The van der Waals surface area contributed by atoms with E-state index in [1.165, 1.54) is 0 Å². The third-order valence-electron chi connectivity index (χ3n) is 4.32. The van der Waals surface area contributed by atoms with Crippen molar-refractivity contribution in [2.24, 2.45) is 0 Å². The van der Waals surface area contributed by atoms with E-state index >= 15 is 0 Å². The van der Waals surface area contributed by atoms with Crippen LogP contribution in [0.3, 0.4) is 0 Å². The van der Waals surface area contributed by atoms with E-state index in [1.54, 1.807) is 6.07 Å². The van der Waals surface area contributed by atoms with Gasteiger partial charge < -0.3 is 10.6 Å². The van der Waals surface area contributed by atoms with Crippen molar-refractivity contribution >= 4 is 23.3 Å². The number of carbonyl (C=O) groups is 1. The second kappa shape index (κ2) is 7.76. The van der Waals surface area contributed by atoms with E-state index in [2.05, 4.69) is 20.6 Å². The van der Waals surface area contributed by atoms with Crippen molar-refractivity contribution < 1.29 is 4.79 Å². The number of carbonyl (C=O) groups excluding carboxylic acids is 1. The third kappa shape index (κ3) is 4.44. The van der Waals surface area contributed by atoms with Crippen LogP contribution in [0, 0.1) is 0 Å². The first-order valence-electron chi connectivity index (χ1n) is 8.92. The Morgan fingerprint density at radius 1 is 1.04 bits per heavy atom. The lowest BCUT2D eigenvalue weighted by molar-refractivity contribution is 0.0946. The van der Waals surface area contributed by atoms with Crippen molar-refractivity contribution in [1.82, 2.24) is 15.3 Å². The summed E-state index contributed by atoms with van der Waals surface area (Å²) in [6, 6.07) is 19.2. The van der Waals surface area contributed by atoms with E-state index in [0.717, 1.165) is 24.0 Å². The average Bonchev–Trinajstić information content (AvgIpc) is 3.52. The Labute approximate surface area is 162 Å². The number of nitrogens with zero attached hydrogens (tertiary/aromatic N) is 2.